The Morgan fingerprint density at radius 1 is 1.00 bits per heavy atom. The van der Waals surface area contributed by atoms with Crippen LogP contribution in [0.5, 0.6) is 5.75 Å². The van der Waals surface area contributed by atoms with E-state index in [1.165, 1.54) is 5.56 Å². The van der Waals surface area contributed by atoms with Crippen molar-refractivity contribution in [3.05, 3.63) is 90.0 Å². The molecule has 0 saturated carbocycles. The Labute approximate surface area is 183 Å². The molecule has 0 unspecified atom stereocenters. The second-order valence-electron chi connectivity index (χ2n) is 8.69. The summed E-state index contributed by atoms with van der Waals surface area (Å²) >= 11 is 0. The van der Waals surface area contributed by atoms with Gasteiger partial charge in [0.2, 0.25) is 5.91 Å². The van der Waals surface area contributed by atoms with Crippen LogP contribution in [0.25, 0.3) is 11.1 Å². The van der Waals surface area contributed by atoms with Crippen LogP contribution in [0.3, 0.4) is 0 Å². The van der Waals surface area contributed by atoms with Crippen LogP contribution in [-0.2, 0) is 11.4 Å². The highest BCUT2D eigenvalue weighted by Gasteiger charge is 2.49. The summed E-state index contributed by atoms with van der Waals surface area (Å²) in [7, 11) is 1.90. The summed E-state index contributed by atoms with van der Waals surface area (Å²) in [6.45, 7) is 1.38. The number of hydrogen-bond acceptors (Lipinski definition) is 3. The topological polar surface area (TPSA) is 41.6 Å². The molecule has 1 N–H and O–H groups in total. The molecule has 5 rings (SSSR count). The summed E-state index contributed by atoms with van der Waals surface area (Å²) in [5.41, 5.74) is 4.24. The van der Waals surface area contributed by atoms with E-state index in [0.717, 1.165) is 48.2 Å². The van der Waals surface area contributed by atoms with E-state index < -0.39 is 0 Å². The predicted octanol–water partition coefficient (Wildman–Crippen LogP) is 4.96. The molecule has 2 aliphatic rings. The van der Waals surface area contributed by atoms with Crippen LogP contribution in [0.2, 0.25) is 0 Å². The van der Waals surface area contributed by atoms with Crippen molar-refractivity contribution in [2.75, 3.05) is 13.6 Å². The van der Waals surface area contributed by atoms with E-state index in [0.29, 0.717) is 6.61 Å². The Morgan fingerprint density at radius 2 is 1.81 bits per heavy atom. The number of likely N-dealkylation sites (tertiary alicyclic amines) is 1. The minimum Gasteiger partial charge on any atom is -0.488 e. The zero-order chi connectivity index (χ0) is 21.3. The van der Waals surface area contributed by atoms with E-state index in [9.17, 15) is 4.79 Å². The molecular formula is C27H28N2O2. The number of para-hydroxylation sites is 1. The van der Waals surface area contributed by atoms with Gasteiger partial charge in [0.1, 0.15) is 17.9 Å². The maximum atomic E-state index is 12.7. The van der Waals surface area contributed by atoms with E-state index in [1.807, 2.05) is 48.3 Å². The van der Waals surface area contributed by atoms with Crippen LogP contribution >= 0.6 is 0 Å². The molecule has 2 saturated heterocycles. The first-order valence-electron chi connectivity index (χ1n) is 11.0. The minimum atomic E-state index is -0.369. The van der Waals surface area contributed by atoms with Crippen molar-refractivity contribution in [1.82, 2.24) is 10.2 Å². The third-order valence-corrected chi connectivity index (χ3v) is 6.66. The lowest BCUT2D eigenvalue weighted by Crippen LogP contribution is -2.47. The van der Waals surface area contributed by atoms with Gasteiger partial charge < -0.3 is 9.64 Å². The van der Waals surface area contributed by atoms with Gasteiger partial charge in [0.15, 0.2) is 0 Å². The number of carbonyl (C=O) groups is 1. The zero-order valence-electron chi connectivity index (χ0n) is 17.9. The average Bonchev–Trinajstić information content (AvgIpc) is 3.38. The number of ether oxygens (including phenoxy) is 1. The molecule has 1 amide bonds. The van der Waals surface area contributed by atoms with Gasteiger partial charge in [-0.1, -0.05) is 66.7 Å². The van der Waals surface area contributed by atoms with Crippen LogP contribution in [0, 0.1) is 0 Å². The molecule has 0 bridgehead atoms. The average molecular weight is 413 g/mol. The van der Waals surface area contributed by atoms with Gasteiger partial charge in [-0.05, 0) is 48.1 Å². The van der Waals surface area contributed by atoms with Gasteiger partial charge >= 0.3 is 0 Å². The second-order valence-corrected chi connectivity index (χ2v) is 8.69. The summed E-state index contributed by atoms with van der Waals surface area (Å²) in [6.07, 6.45) is 2.78. The lowest BCUT2D eigenvalue weighted by atomic mass is 9.95. The van der Waals surface area contributed by atoms with Crippen LogP contribution in [-0.4, -0.2) is 29.9 Å². The van der Waals surface area contributed by atoms with Gasteiger partial charge in [0.25, 0.3) is 0 Å². The van der Waals surface area contributed by atoms with E-state index in [4.69, 9.17) is 4.74 Å². The summed E-state index contributed by atoms with van der Waals surface area (Å²) in [5, 5.41) is 3.68. The molecule has 31 heavy (non-hydrogen) atoms. The van der Waals surface area contributed by atoms with Gasteiger partial charge in [0.05, 0.1) is 0 Å². The third kappa shape index (κ3) is 3.84. The first-order valence-corrected chi connectivity index (χ1v) is 11.0. The molecule has 1 spiro atoms. The van der Waals surface area contributed by atoms with Crippen LogP contribution in [0.15, 0.2) is 78.9 Å². The number of rotatable bonds is 5. The van der Waals surface area contributed by atoms with E-state index in [-0.39, 0.29) is 17.5 Å². The van der Waals surface area contributed by atoms with Crippen molar-refractivity contribution < 1.29 is 9.53 Å². The number of likely N-dealkylation sites (N-methyl/N-ethyl adjacent to an activating group) is 1. The van der Waals surface area contributed by atoms with Gasteiger partial charge in [0, 0.05) is 25.2 Å². The third-order valence-electron chi connectivity index (χ3n) is 6.66. The Balaban J connectivity index is 1.37. The summed E-state index contributed by atoms with van der Waals surface area (Å²) in [4.78, 5) is 14.5. The van der Waals surface area contributed by atoms with Crippen LogP contribution < -0.4 is 10.1 Å². The minimum absolute atomic E-state index is 0.202. The Hall–Kier alpha value is -3.11. The highest BCUT2D eigenvalue weighted by molar-refractivity contribution is 5.88. The van der Waals surface area contributed by atoms with Gasteiger partial charge in [-0.3, -0.25) is 10.1 Å². The fraction of sp³-hybridized carbons (Fsp3) is 0.296. The molecule has 4 nitrogen and oxygen atoms in total. The Bertz CT molecular complexity index is 1080. The monoisotopic (exact) mass is 412 g/mol. The van der Waals surface area contributed by atoms with E-state index in [2.05, 4.69) is 47.8 Å². The van der Waals surface area contributed by atoms with Crippen molar-refractivity contribution in [3.63, 3.8) is 0 Å². The molecule has 2 fully saturated rings. The van der Waals surface area contributed by atoms with E-state index >= 15 is 0 Å². The lowest BCUT2D eigenvalue weighted by Gasteiger charge is -2.23. The molecule has 158 valence electrons. The second kappa shape index (κ2) is 8.20. The molecule has 2 heterocycles. The Kier molecular flexibility index (Phi) is 5.24. The molecule has 2 atom stereocenters. The van der Waals surface area contributed by atoms with Crippen LogP contribution in [0.1, 0.15) is 36.4 Å². The largest absolute Gasteiger partial charge is 0.488 e. The number of nitrogens with one attached hydrogen (secondary N) is 1. The van der Waals surface area contributed by atoms with Crippen LogP contribution in [0.4, 0.5) is 0 Å². The van der Waals surface area contributed by atoms with Crippen molar-refractivity contribution in [2.24, 2.45) is 0 Å². The van der Waals surface area contributed by atoms with Gasteiger partial charge in [-0.25, -0.2) is 0 Å². The fourth-order valence-electron chi connectivity index (χ4n) is 4.91. The molecule has 4 heteroatoms. The summed E-state index contributed by atoms with van der Waals surface area (Å²) in [5.74, 6) is 1.12. The molecule has 0 aromatic heterocycles. The number of nitrogens with zero attached hydrogens (tertiary/aromatic N) is 1. The molecular weight excluding hydrogens is 384 g/mol. The van der Waals surface area contributed by atoms with Crippen molar-refractivity contribution >= 4 is 5.91 Å². The van der Waals surface area contributed by atoms with Crippen molar-refractivity contribution in [3.8, 4) is 16.9 Å². The molecule has 3 aromatic carbocycles. The number of carbonyl (C=O) groups excluding carboxylic acids is 1. The normalized spacial score (nSPS) is 22.9. The molecule has 0 radical (unpaired) electrons. The summed E-state index contributed by atoms with van der Waals surface area (Å²) in [6, 6.07) is 27.3. The van der Waals surface area contributed by atoms with Crippen molar-refractivity contribution in [1.29, 1.82) is 0 Å². The standard InChI is InChI=1S/C27H28N2O2/c1-29-17-16-27(26(29)30)15-14-24(28-27)22-11-7-10-21(18-22)23-12-5-6-13-25(23)31-19-20-8-3-2-4-9-20/h2-13,18,24,28H,14-17,19H2,1H3/t24-,27-/m1/s1. The predicted molar refractivity (Wildman–Crippen MR) is 123 cm³/mol. The Morgan fingerprint density at radius 3 is 2.61 bits per heavy atom. The SMILES string of the molecule is CN1CC[C@]2(CC[C@H](c3cccc(-c4ccccc4OCc4ccccc4)c3)N2)C1=O. The van der Waals surface area contributed by atoms with Gasteiger partial charge in [-0.2, -0.15) is 0 Å². The lowest BCUT2D eigenvalue weighted by molar-refractivity contribution is -0.131. The smallest absolute Gasteiger partial charge is 0.242 e. The zero-order valence-corrected chi connectivity index (χ0v) is 17.9. The van der Waals surface area contributed by atoms with E-state index in [1.54, 1.807) is 0 Å². The maximum absolute atomic E-state index is 12.7. The van der Waals surface area contributed by atoms with Crippen molar-refractivity contribution in [2.45, 2.75) is 37.5 Å². The summed E-state index contributed by atoms with van der Waals surface area (Å²) < 4.78 is 6.18. The first-order chi connectivity index (χ1) is 15.1. The first kappa shape index (κ1) is 19.8. The van der Waals surface area contributed by atoms with Gasteiger partial charge in [-0.15, -0.1) is 0 Å². The number of hydrogen-bond donors (Lipinski definition) is 1. The maximum Gasteiger partial charge on any atom is 0.242 e. The quantitative estimate of drug-likeness (QED) is 0.644. The fourth-order valence-corrected chi connectivity index (χ4v) is 4.91. The highest BCUT2D eigenvalue weighted by Crippen LogP contribution is 2.40. The highest BCUT2D eigenvalue weighted by atomic mass is 16.5. The number of benzene rings is 3. The number of amides is 1. The molecule has 0 aliphatic carbocycles. The molecule has 2 aliphatic heterocycles. The molecule has 3 aromatic rings.